The molecule has 1 aromatic heterocycles. The molecule has 2 N–H and O–H groups in total. The van der Waals surface area contributed by atoms with E-state index < -0.39 is 0 Å². The van der Waals surface area contributed by atoms with Gasteiger partial charge in [-0.25, -0.2) is 0 Å². The summed E-state index contributed by atoms with van der Waals surface area (Å²) in [6.07, 6.45) is 3.70. The van der Waals surface area contributed by atoms with Crippen LogP contribution >= 0.6 is 24.0 Å². The minimum atomic E-state index is 0. The zero-order chi connectivity index (χ0) is 22.4. The van der Waals surface area contributed by atoms with E-state index in [1.54, 1.807) is 6.33 Å². The molecular weight excluding hydrogens is 525 g/mol. The Morgan fingerprint density at radius 2 is 1.55 bits per heavy atom. The molecule has 3 rings (SSSR count). The Balaban J connectivity index is 0.00000385. The quantitative estimate of drug-likeness (QED) is 0.153. The molecule has 0 aliphatic rings. The predicted octanol–water partition coefficient (Wildman–Crippen LogP) is 3.72. The van der Waals surface area contributed by atoms with Gasteiger partial charge in [-0.3, -0.25) is 9.89 Å². The lowest BCUT2D eigenvalue weighted by Crippen LogP contribution is -2.40. The number of nitrogens with one attached hydrogen (secondary N) is 2. The van der Waals surface area contributed by atoms with E-state index >= 15 is 0 Å². The number of aryl methyl sites for hydroxylation is 1. The molecule has 2 aromatic carbocycles. The normalized spacial score (nSPS) is 11.3. The molecule has 3 aromatic rings. The lowest BCUT2D eigenvalue weighted by atomic mass is 10.1. The van der Waals surface area contributed by atoms with Crippen LogP contribution in [-0.2, 0) is 26.1 Å². The van der Waals surface area contributed by atoms with Crippen LogP contribution in [0, 0.1) is 0 Å². The summed E-state index contributed by atoms with van der Waals surface area (Å²) < 4.78 is 2.07. The van der Waals surface area contributed by atoms with E-state index in [-0.39, 0.29) is 24.0 Å². The number of nitrogens with zero attached hydrogens (tertiary/aromatic N) is 5. The molecule has 0 unspecified atom stereocenters. The van der Waals surface area contributed by atoms with Gasteiger partial charge in [0.2, 0.25) is 0 Å². The summed E-state index contributed by atoms with van der Waals surface area (Å²) in [5.41, 5.74) is 2.68. The van der Waals surface area contributed by atoms with Crippen molar-refractivity contribution in [3.8, 4) is 0 Å². The zero-order valence-corrected chi connectivity index (χ0v) is 22.0. The van der Waals surface area contributed by atoms with Gasteiger partial charge in [-0.2, -0.15) is 0 Å². The van der Waals surface area contributed by atoms with E-state index in [0.717, 1.165) is 63.9 Å². The summed E-state index contributed by atoms with van der Waals surface area (Å²) >= 11 is 0. The fourth-order valence-corrected chi connectivity index (χ4v) is 3.66. The Morgan fingerprint density at radius 3 is 2.12 bits per heavy atom. The van der Waals surface area contributed by atoms with Gasteiger partial charge < -0.3 is 15.2 Å². The molecule has 178 valence electrons. The van der Waals surface area contributed by atoms with E-state index in [0.29, 0.717) is 0 Å². The second-order valence-electron chi connectivity index (χ2n) is 7.76. The van der Waals surface area contributed by atoms with Gasteiger partial charge in [-0.1, -0.05) is 67.6 Å². The highest BCUT2D eigenvalue weighted by atomic mass is 127. The predicted molar refractivity (Wildman–Crippen MR) is 146 cm³/mol. The van der Waals surface area contributed by atoms with Gasteiger partial charge in [-0.15, -0.1) is 34.2 Å². The Kier molecular flexibility index (Phi) is 12.5. The van der Waals surface area contributed by atoms with Crippen molar-refractivity contribution in [1.82, 2.24) is 30.3 Å². The molecule has 8 heteroatoms. The largest absolute Gasteiger partial charge is 0.356 e. The number of hydrogen-bond donors (Lipinski definition) is 2. The van der Waals surface area contributed by atoms with Crippen molar-refractivity contribution in [3.63, 3.8) is 0 Å². The highest BCUT2D eigenvalue weighted by molar-refractivity contribution is 14.0. The first-order chi connectivity index (χ1) is 15.8. The summed E-state index contributed by atoms with van der Waals surface area (Å²) in [4.78, 5) is 6.84. The molecular formula is C25H36IN7. The number of guanidine groups is 1. The minimum Gasteiger partial charge on any atom is -0.356 e. The number of hydrogen-bond acceptors (Lipinski definition) is 4. The van der Waals surface area contributed by atoms with Gasteiger partial charge in [-0.05, 0) is 17.5 Å². The van der Waals surface area contributed by atoms with E-state index in [2.05, 4.69) is 103 Å². The Bertz CT molecular complexity index is 887. The fraction of sp³-hybridized carbons (Fsp3) is 0.400. The highest BCUT2D eigenvalue weighted by Gasteiger charge is 2.08. The number of aliphatic imine (C=N–C) groups is 1. The van der Waals surface area contributed by atoms with Gasteiger partial charge in [0, 0.05) is 52.7 Å². The lowest BCUT2D eigenvalue weighted by molar-refractivity contribution is 0.254. The number of rotatable bonds is 12. The minimum absolute atomic E-state index is 0. The molecule has 0 aliphatic heterocycles. The van der Waals surface area contributed by atoms with Gasteiger partial charge >= 0.3 is 0 Å². The molecule has 0 spiro atoms. The van der Waals surface area contributed by atoms with Crippen LogP contribution in [0.3, 0.4) is 0 Å². The average molecular weight is 562 g/mol. The average Bonchev–Trinajstić information content (AvgIpc) is 3.29. The standard InChI is InChI=1S/C25H35N7.HI/c1-3-24-30-29-21-32(24)18-16-28-25(26-2)27-15-10-17-31(19-22-11-6-4-7-12-22)20-23-13-8-5-9-14-23;/h4-9,11-14,21H,3,10,15-20H2,1-2H3,(H2,26,27,28);1H. The number of aromatic nitrogens is 3. The third-order valence-corrected chi connectivity index (χ3v) is 5.32. The second kappa shape index (κ2) is 15.4. The van der Waals surface area contributed by atoms with Gasteiger partial charge in [0.15, 0.2) is 5.96 Å². The first kappa shape index (κ1) is 26.8. The monoisotopic (exact) mass is 561 g/mol. The number of benzene rings is 2. The van der Waals surface area contributed by atoms with Crippen LogP contribution in [0.4, 0.5) is 0 Å². The van der Waals surface area contributed by atoms with Crippen LogP contribution in [0.1, 0.15) is 30.3 Å². The molecule has 0 saturated carbocycles. The van der Waals surface area contributed by atoms with Gasteiger partial charge in [0.1, 0.15) is 12.2 Å². The smallest absolute Gasteiger partial charge is 0.191 e. The molecule has 0 saturated heterocycles. The van der Waals surface area contributed by atoms with Gasteiger partial charge in [0.05, 0.1) is 0 Å². The fourth-order valence-electron chi connectivity index (χ4n) is 3.66. The Labute approximate surface area is 214 Å². The maximum absolute atomic E-state index is 4.34. The van der Waals surface area contributed by atoms with Crippen LogP contribution in [0.2, 0.25) is 0 Å². The van der Waals surface area contributed by atoms with E-state index in [9.17, 15) is 0 Å². The van der Waals surface area contributed by atoms with Crippen molar-refractivity contribution < 1.29 is 0 Å². The molecule has 33 heavy (non-hydrogen) atoms. The third-order valence-electron chi connectivity index (χ3n) is 5.32. The molecule has 1 heterocycles. The number of halogens is 1. The molecule has 7 nitrogen and oxygen atoms in total. The Hall–Kier alpha value is -2.46. The van der Waals surface area contributed by atoms with E-state index in [4.69, 9.17) is 0 Å². The Morgan fingerprint density at radius 1 is 0.939 bits per heavy atom. The van der Waals surface area contributed by atoms with Crippen molar-refractivity contribution >= 4 is 29.9 Å². The van der Waals surface area contributed by atoms with Crippen LogP contribution in [0.15, 0.2) is 72.0 Å². The lowest BCUT2D eigenvalue weighted by Gasteiger charge is -2.23. The van der Waals surface area contributed by atoms with Crippen LogP contribution in [0.5, 0.6) is 0 Å². The summed E-state index contributed by atoms with van der Waals surface area (Å²) in [5, 5.41) is 14.9. The summed E-state index contributed by atoms with van der Waals surface area (Å²) in [7, 11) is 1.81. The highest BCUT2D eigenvalue weighted by Crippen LogP contribution is 2.10. The summed E-state index contributed by atoms with van der Waals surface area (Å²) in [5.74, 6) is 1.83. The maximum Gasteiger partial charge on any atom is 0.191 e. The van der Waals surface area contributed by atoms with E-state index in [1.807, 2.05) is 7.05 Å². The first-order valence-electron chi connectivity index (χ1n) is 11.4. The van der Waals surface area contributed by atoms with Crippen LogP contribution < -0.4 is 10.6 Å². The van der Waals surface area contributed by atoms with Crippen molar-refractivity contribution in [1.29, 1.82) is 0 Å². The van der Waals surface area contributed by atoms with Crippen molar-refractivity contribution in [2.45, 2.75) is 39.4 Å². The zero-order valence-electron chi connectivity index (χ0n) is 19.7. The maximum atomic E-state index is 4.34. The van der Waals surface area contributed by atoms with Gasteiger partial charge in [0.25, 0.3) is 0 Å². The van der Waals surface area contributed by atoms with Crippen molar-refractivity contribution in [2.24, 2.45) is 4.99 Å². The molecule has 0 atom stereocenters. The van der Waals surface area contributed by atoms with Crippen LogP contribution in [-0.4, -0.2) is 52.3 Å². The van der Waals surface area contributed by atoms with Crippen molar-refractivity contribution in [2.75, 3.05) is 26.7 Å². The SMILES string of the molecule is CCc1nncn1CCNC(=NC)NCCCN(Cc1ccccc1)Cc1ccccc1.I. The summed E-state index contributed by atoms with van der Waals surface area (Å²) in [6, 6.07) is 21.4. The topological polar surface area (TPSA) is 70.4 Å². The third kappa shape index (κ3) is 9.51. The second-order valence-corrected chi connectivity index (χ2v) is 7.76. The molecule has 0 fully saturated rings. The van der Waals surface area contributed by atoms with Crippen LogP contribution in [0.25, 0.3) is 0 Å². The molecule has 0 aliphatic carbocycles. The van der Waals surface area contributed by atoms with E-state index in [1.165, 1.54) is 11.1 Å². The first-order valence-corrected chi connectivity index (χ1v) is 11.4. The molecule has 0 amide bonds. The molecule has 0 bridgehead atoms. The summed E-state index contributed by atoms with van der Waals surface area (Å²) in [6.45, 7) is 7.45. The molecule has 0 radical (unpaired) electrons. The van der Waals surface area contributed by atoms with Crippen molar-refractivity contribution in [3.05, 3.63) is 83.9 Å².